The quantitative estimate of drug-likeness (QED) is 0.616. The van der Waals surface area contributed by atoms with Crippen LogP contribution in [0.1, 0.15) is 45.4 Å². The van der Waals surface area contributed by atoms with Crippen LogP contribution in [0.15, 0.2) is 0 Å². The van der Waals surface area contributed by atoms with Crippen LogP contribution in [0.5, 0.6) is 0 Å². The molecule has 0 aliphatic heterocycles. The van der Waals surface area contributed by atoms with E-state index in [1.54, 1.807) is 0 Å². The molecule has 1 fully saturated rings. The highest BCUT2D eigenvalue weighted by Crippen LogP contribution is 2.41. The van der Waals surface area contributed by atoms with E-state index in [-0.39, 0.29) is 12.1 Å². The van der Waals surface area contributed by atoms with E-state index in [2.05, 4.69) is 6.92 Å². The fraction of sp³-hybridized carbons (Fsp3) is 0.909. The monoisotopic (exact) mass is 186 g/mol. The van der Waals surface area contributed by atoms with Gasteiger partial charge in [0.15, 0.2) is 0 Å². The summed E-state index contributed by atoms with van der Waals surface area (Å²) < 4.78 is 12.0. The summed E-state index contributed by atoms with van der Waals surface area (Å²) in [4.78, 5) is 11.0. The average Bonchev–Trinajstić information content (AvgIpc) is 2.15. The molecule has 0 N–H and O–H groups in total. The van der Waals surface area contributed by atoms with Gasteiger partial charge in [0.2, 0.25) is 0 Å². The zero-order chi connectivity index (χ0) is 9.73. The van der Waals surface area contributed by atoms with Crippen LogP contribution in [0.25, 0.3) is 0 Å². The van der Waals surface area contributed by atoms with E-state index in [1.165, 1.54) is 6.42 Å². The number of rotatable bonds is 4. The van der Waals surface area contributed by atoms with E-state index in [1.807, 2.05) is 0 Å². The van der Waals surface area contributed by atoms with Crippen molar-refractivity contribution in [2.24, 2.45) is 11.3 Å². The van der Waals surface area contributed by atoms with E-state index in [9.17, 15) is 9.18 Å². The molecule has 0 amide bonds. The molecule has 0 heterocycles. The molecule has 2 heteroatoms. The fourth-order valence-electron chi connectivity index (χ4n) is 2.51. The minimum absolute atomic E-state index is 0.177. The van der Waals surface area contributed by atoms with Gasteiger partial charge < -0.3 is 4.79 Å². The van der Waals surface area contributed by atoms with Gasteiger partial charge in [-0.1, -0.05) is 19.8 Å². The topological polar surface area (TPSA) is 17.1 Å². The maximum Gasteiger partial charge on any atom is 0.126 e. The molecular formula is C11H19FO. The van der Waals surface area contributed by atoms with Crippen molar-refractivity contribution in [1.82, 2.24) is 0 Å². The van der Waals surface area contributed by atoms with Gasteiger partial charge in [0.05, 0.1) is 6.67 Å². The average molecular weight is 186 g/mol. The SMILES string of the molecule is CC1CCCC(C=O)(CCCF)C1. The lowest BCUT2D eigenvalue weighted by molar-refractivity contribution is -0.119. The summed E-state index contributed by atoms with van der Waals surface area (Å²) in [5, 5.41) is 0. The highest BCUT2D eigenvalue weighted by molar-refractivity contribution is 5.59. The molecule has 76 valence electrons. The van der Waals surface area contributed by atoms with Crippen molar-refractivity contribution >= 4 is 6.29 Å². The summed E-state index contributed by atoms with van der Waals surface area (Å²) in [5.74, 6) is 0.638. The molecule has 0 bridgehead atoms. The second-order valence-electron chi connectivity index (χ2n) is 4.47. The fourth-order valence-corrected chi connectivity index (χ4v) is 2.51. The normalized spacial score (nSPS) is 34.5. The van der Waals surface area contributed by atoms with Crippen molar-refractivity contribution in [2.45, 2.75) is 45.4 Å². The van der Waals surface area contributed by atoms with Crippen molar-refractivity contribution in [2.75, 3.05) is 6.67 Å². The Bertz CT molecular complexity index is 169. The van der Waals surface area contributed by atoms with Crippen LogP contribution in [-0.2, 0) is 4.79 Å². The van der Waals surface area contributed by atoms with Crippen molar-refractivity contribution in [1.29, 1.82) is 0 Å². The Kier molecular flexibility index (Phi) is 3.89. The third kappa shape index (κ3) is 2.78. The standard InChI is InChI=1S/C11H19FO/c1-10-4-2-5-11(8-10,9-13)6-3-7-12/h9-10H,2-8H2,1H3. The van der Waals surface area contributed by atoms with Gasteiger partial charge in [-0.15, -0.1) is 0 Å². The van der Waals surface area contributed by atoms with Gasteiger partial charge in [0.25, 0.3) is 0 Å². The first kappa shape index (κ1) is 10.7. The van der Waals surface area contributed by atoms with Crippen molar-refractivity contribution < 1.29 is 9.18 Å². The molecule has 0 aromatic carbocycles. The van der Waals surface area contributed by atoms with Crippen LogP contribution in [0.2, 0.25) is 0 Å². The predicted molar refractivity (Wildman–Crippen MR) is 51.3 cm³/mol. The largest absolute Gasteiger partial charge is 0.303 e. The molecule has 1 saturated carbocycles. The summed E-state index contributed by atoms with van der Waals surface area (Å²) in [5.41, 5.74) is -0.177. The van der Waals surface area contributed by atoms with Crippen molar-refractivity contribution in [3.8, 4) is 0 Å². The maximum absolute atomic E-state index is 12.0. The van der Waals surface area contributed by atoms with E-state index >= 15 is 0 Å². The van der Waals surface area contributed by atoms with Gasteiger partial charge in [-0.2, -0.15) is 0 Å². The molecule has 0 aromatic rings. The number of carbonyl (C=O) groups excluding carboxylic acids is 1. The minimum Gasteiger partial charge on any atom is -0.303 e. The summed E-state index contributed by atoms with van der Waals surface area (Å²) in [7, 11) is 0. The Morgan fingerprint density at radius 3 is 2.92 bits per heavy atom. The number of hydrogen-bond acceptors (Lipinski definition) is 1. The maximum atomic E-state index is 12.0. The molecule has 1 aliphatic carbocycles. The van der Waals surface area contributed by atoms with Gasteiger partial charge in [-0.25, -0.2) is 0 Å². The van der Waals surface area contributed by atoms with Crippen LogP contribution in [0, 0.1) is 11.3 Å². The molecular weight excluding hydrogens is 167 g/mol. The van der Waals surface area contributed by atoms with Crippen LogP contribution >= 0.6 is 0 Å². The Morgan fingerprint density at radius 2 is 2.38 bits per heavy atom. The Labute approximate surface area is 79.7 Å². The number of aldehydes is 1. The highest BCUT2D eigenvalue weighted by atomic mass is 19.1. The Morgan fingerprint density at radius 1 is 1.62 bits per heavy atom. The Hall–Kier alpha value is -0.400. The van der Waals surface area contributed by atoms with Crippen LogP contribution in [0.3, 0.4) is 0 Å². The first-order chi connectivity index (χ1) is 6.22. The van der Waals surface area contributed by atoms with Crippen LogP contribution < -0.4 is 0 Å². The molecule has 1 aliphatic rings. The number of hydrogen-bond donors (Lipinski definition) is 0. The summed E-state index contributed by atoms with van der Waals surface area (Å²) >= 11 is 0. The molecule has 13 heavy (non-hydrogen) atoms. The lowest BCUT2D eigenvalue weighted by Crippen LogP contribution is -2.29. The zero-order valence-corrected chi connectivity index (χ0v) is 8.39. The van der Waals surface area contributed by atoms with E-state index < -0.39 is 0 Å². The van der Waals surface area contributed by atoms with Gasteiger partial charge in [-0.05, 0) is 31.6 Å². The van der Waals surface area contributed by atoms with E-state index in [0.717, 1.165) is 32.0 Å². The lowest BCUT2D eigenvalue weighted by Gasteiger charge is -2.35. The van der Waals surface area contributed by atoms with Gasteiger partial charge in [-0.3, -0.25) is 4.39 Å². The van der Waals surface area contributed by atoms with Crippen LogP contribution in [-0.4, -0.2) is 13.0 Å². The number of carbonyl (C=O) groups is 1. The van der Waals surface area contributed by atoms with Crippen molar-refractivity contribution in [3.05, 3.63) is 0 Å². The smallest absolute Gasteiger partial charge is 0.126 e. The zero-order valence-electron chi connectivity index (χ0n) is 8.39. The lowest BCUT2D eigenvalue weighted by atomic mass is 9.69. The molecule has 0 saturated heterocycles. The minimum atomic E-state index is -0.288. The number of alkyl halides is 1. The molecule has 0 radical (unpaired) electrons. The number of halogens is 1. The molecule has 2 unspecified atom stereocenters. The third-order valence-corrected chi connectivity index (χ3v) is 3.18. The first-order valence-electron chi connectivity index (χ1n) is 5.25. The Balaban J connectivity index is 2.51. The molecule has 1 rings (SSSR count). The van der Waals surface area contributed by atoms with E-state index in [0.29, 0.717) is 12.3 Å². The van der Waals surface area contributed by atoms with Gasteiger partial charge in [0, 0.05) is 5.41 Å². The summed E-state index contributed by atoms with van der Waals surface area (Å²) in [6, 6.07) is 0. The predicted octanol–water partition coefficient (Wildman–Crippen LogP) is 3.13. The van der Waals surface area contributed by atoms with Gasteiger partial charge >= 0.3 is 0 Å². The third-order valence-electron chi connectivity index (χ3n) is 3.18. The second-order valence-corrected chi connectivity index (χ2v) is 4.47. The second kappa shape index (κ2) is 4.73. The summed E-state index contributed by atoms with van der Waals surface area (Å²) in [6.07, 6.45) is 6.68. The molecule has 0 spiro atoms. The first-order valence-corrected chi connectivity index (χ1v) is 5.25. The van der Waals surface area contributed by atoms with Crippen molar-refractivity contribution in [3.63, 3.8) is 0 Å². The van der Waals surface area contributed by atoms with Gasteiger partial charge in [0.1, 0.15) is 6.29 Å². The van der Waals surface area contributed by atoms with Crippen LogP contribution in [0.4, 0.5) is 4.39 Å². The highest BCUT2D eigenvalue weighted by Gasteiger charge is 2.33. The van der Waals surface area contributed by atoms with E-state index in [4.69, 9.17) is 0 Å². The molecule has 1 nitrogen and oxygen atoms in total. The molecule has 0 aromatic heterocycles. The molecule has 2 atom stereocenters. The summed E-state index contributed by atoms with van der Waals surface area (Å²) in [6.45, 7) is 1.90.